The van der Waals surface area contributed by atoms with Crippen LogP contribution in [0.5, 0.6) is 11.5 Å². The van der Waals surface area contributed by atoms with Crippen molar-refractivity contribution in [2.75, 3.05) is 7.11 Å². The van der Waals surface area contributed by atoms with Crippen molar-refractivity contribution in [3.63, 3.8) is 0 Å². The van der Waals surface area contributed by atoms with Crippen molar-refractivity contribution in [1.29, 1.82) is 0 Å². The number of halogens is 1. The number of esters is 1. The van der Waals surface area contributed by atoms with Crippen LogP contribution in [0.2, 0.25) is 5.02 Å². The van der Waals surface area contributed by atoms with E-state index in [1.165, 1.54) is 25.7 Å². The topological polar surface area (TPSA) is 73.9 Å². The molecule has 1 aromatic rings. The molecule has 0 aliphatic heterocycles. The summed E-state index contributed by atoms with van der Waals surface area (Å²) in [5.41, 5.74) is 0.198. The fourth-order valence-corrected chi connectivity index (χ4v) is 3.56. The molecule has 0 bridgehead atoms. The summed E-state index contributed by atoms with van der Waals surface area (Å²) < 4.78 is 16.3. The Hall–Kier alpha value is -1.95. The molecule has 0 heterocycles. The van der Waals surface area contributed by atoms with E-state index in [2.05, 4.69) is 12.2 Å². The maximum atomic E-state index is 12.5. The van der Waals surface area contributed by atoms with Crippen LogP contribution in [-0.4, -0.2) is 37.2 Å². The molecule has 0 spiro atoms. The molecule has 7 heteroatoms. The van der Waals surface area contributed by atoms with Gasteiger partial charge >= 0.3 is 5.97 Å². The molecule has 2 rings (SSSR count). The monoisotopic (exact) mass is 411 g/mol. The first-order valence-electron chi connectivity index (χ1n) is 9.78. The first kappa shape index (κ1) is 22.3. The van der Waals surface area contributed by atoms with Crippen molar-refractivity contribution in [3.05, 3.63) is 22.7 Å². The van der Waals surface area contributed by atoms with E-state index in [0.29, 0.717) is 17.4 Å². The van der Waals surface area contributed by atoms with Gasteiger partial charge < -0.3 is 19.5 Å². The highest BCUT2D eigenvalue weighted by Crippen LogP contribution is 2.37. The second kappa shape index (κ2) is 10.0. The Labute approximate surface area is 171 Å². The Bertz CT molecular complexity index is 706. The van der Waals surface area contributed by atoms with Gasteiger partial charge in [0.1, 0.15) is 0 Å². The predicted molar refractivity (Wildman–Crippen MR) is 108 cm³/mol. The Balaban J connectivity index is 2.04. The van der Waals surface area contributed by atoms with Crippen molar-refractivity contribution < 1.29 is 23.8 Å². The number of rotatable bonds is 7. The van der Waals surface area contributed by atoms with Gasteiger partial charge in [-0.2, -0.15) is 0 Å². The third-order valence-electron chi connectivity index (χ3n) is 4.91. The minimum Gasteiger partial charge on any atom is -0.493 e. The lowest BCUT2D eigenvalue weighted by atomic mass is 9.86. The van der Waals surface area contributed by atoms with Gasteiger partial charge in [-0.15, -0.1) is 0 Å². The fraction of sp³-hybridized carbons (Fsp3) is 0.619. The van der Waals surface area contributed by atoms with Crippen molar-refractivity contribution in [2.24, 2.45) is 5.92 Å². The number of nitrogens with one attached hydrogen (secondary N) is 1. The largest absolute Gasteiger partial charge is 0.493 e. The van der Waals surface area contributed by atoms with Crippen LogP contribution in [0.1, 0.15) is 63.7 Å². The molecule has 1 N–H and O–H groups in total. The van der Waals surface area contributed by atoms with Gasteiger partial charge in [-0.25, -0.2) is 4.79 Å². The normalized spacial score (nSPS) is 20.4. The predicted octanol–water partition coefficient (Wildman–Crippen LogP) is 4.38. The molecule has 1 saturated carbocycles. The molecule has 0 saturated heterocycles. The molecule has 28 heavy (non-hydrogen) atoms. The van der Waals surface area contributed by atoms with Crippen molar-refractivity contribution in [3.8, 4) is 11.5 Å². The summed E-state index contributed by atoms with van der Waals surface area (Å²) in [6.45, 7) is 7.43. The van der Waals surface area contributed by atoms with Crippen LogP contribution < -0.4 is 14.8 Å². The average molecular weight is 412 g/mol. The Kier molecular flexibility index (Phi) is 7.98. The number of amides is 1. The minimum atomic E-state index is -0.905. The van der Waals surface area contributed by atoms with E-state index >= 15 is 0 Å². The zero-order valence-corrected chi connectivity index (χ0v) is 18.0. The average Bonchev–Trinajstić information content (AvgIpc) is 2.64. The number of carbonyl (C=O) groups is 2. The standard InChI is InChI=1S/C21H30ClNO5/c1-12(2)27-19-16(22)10-15(11-18(19)26-5)21(25)28-14(4)20(24)23-17-9-7-6-8-13(17)3/h10-14,17H,6-9H2,1-5H3,(H,23,24)/t13-,14-,17-/m1/s1. The molecule has 1 fully saturated rings. The summed E-state index contributed by atoms with van der Waals surface area (Å²) in [5.74, 6) is 0.201. The molecule has 1 aromatic carbocycles. The van der Waals surface area contributed by atoms with Crippen LogP contribution in [0.4, 0.5) is 0 Å². The van der Waals surface area contributed by atoms with Crippen LogP contribution in [-0.2, 0) is 9.53 Å². The number of hydrogen-bond acceptors (Lipinski definition) is 5. The van der Waals surface area contributed by atoms with Crippen LogP contribution in [0, 0.1) is 5.92 Å². The number of benzene rings is 1. The van der Waals surface area contributed by atoms with Crippen molar-refractivity contribution in [2.45, 2.75) is 71.6 Å². The van der Waals surface area contributed by atoms with Gasteiger partial charge in [0.25, 0.3) is 5.91 Å². The Morgan fingerprint density at radius 3 is 2.46 bits per heavy atom. The summed E-state index contributed by atoms with van der Waals surface area (Å²) in [5, 5.41) is 3.25. The van der Waals surface area contributed by atoms with E-state index in [-0.39, 0.29) is 28.6 Å². The summed E-state index contributed by atoms with van der Waals surface area (Å²) in [6, 6.07) is 3.09. The fourth-order valence-electron chi connectivity index (χ4n) is 3.30. The molecular weight excluding hydrogens is 382 g/mol. The summed E-state index contributed by atoms with van der Waals surface area (Å²) >= 11 is 6.25. The zero-order chi connectivity index (χ0) is 20.8. The molecule has 3 atom stereocenters. The number of hydrogen-bond donors (Lipinski definition) is 1. The molecule has 1 amide bonds. The van der Waals surface area contributed by atoms with Gasteiger partial charge in [0.15, 0.2) is 17.6 Å². The van der Waals surface area contributed by atoms with E-state index in [1.54, 1.807) is 6.92 Å². The van der Waals surface area contributed by atoms with E-state index in [9.17, 15) is 9.59 Å². The maximum Gasteiger partial charge on any atom is 0.339 e. The first-order valence-corrected chi connectivity index (χ1v) is 10.2. The lowest BCUT2D eigenvalue weighted by molar-refractivity contribution is -0.130. The van der Waals surface area contributed by atoms with Crippen molar-refractivity contribution in [1.82, 2.24) is 5.32 Å². The maximum absolute atomic E-state index is 12.5. The molecular formula is C21H30ClNO5. The third-order valence-corrected chi connectivity index (χ3v) is 5.19. The van der Waals surface area contributed by atoms with Crippen LogP contribution in [0.15, 0.2) is 12.1 Å². The highest BCUT2D eigenvalue weighted by molar-refractivity contribution is 6.32. The van der Waals surface area contributed by atoms with E-state index in [0.717, 1.165) is 19.3 Å². The summed E-state index contributed by atoms with van der Waals surface area (Å²) in [6.07, 6.45) is 3.34. The van der Waals surface area contributed by atoms with Gasteiger partial charge in [-0.05, 0) is 51.7 Å². The molecule has 0 radical (unpaired) electrons. The lowest BCUT2D eigenvalue weighted by Gasteiger charge is -2.30. The Morgan fingerprint density at radius 1 is 1.18 bits per heavy atom. The van der Waals surface area contributed by atoms with Gasteiger partial charge in [0.2, 0.25) is 0 Å². The van der Waals surface area contributed by atoms with Crippen LogP contribution in [0.25, 0.3) is 0 Å². The molecule has 0 aromatic heterocycles. The lowest BCUT2D eigenvalue weighted by Crippen LogP contribution is -2.45. The molecule has 1 aliphatic rings. The quantitative estimate of drug-likeness (QED) is 0.674. The summed E-state index contributed by atoms with van der Waals surface area (Å²) in [4.78, 5) is 24.9. The first-order chi connectivity index (χ1) is 13.2. The molecule has 1 aliphatic carbocycles. The van der Waals surface area contributed by atoms with E-state index in [4.69, 9.17) is 25.8 Å². The number of ether oxygens (including phenoxy) is 3. The van der Waals surface area contributed by atoms with Gasteiger partial charge in [-0.3, -0.25) is 4.79 Å². The minimum absolute atomic E-state index is 0.102. The second-order valence-electron chi connectivity index (χ2n) is 7.58. The van der Waals surface area contributed by atoms with E-state index in [1.807, 2.05) is 13.8 Å². The zero-order valence-electron chi connectivity index (χ0n) is 17.2. The SMILES string of the molecule is COc1cc(C(=O)O[C@H](C)C(=O)N[C@@H]2CCCC[C@H]2C)cc(Cl)c1OC(C)C. The number of methoxy groups -OCH3 is 1. The highest BCUT2D eigenvalue weighted by atomic mass is 35.5. The van der Waals surface area contributed by atoms with E-state index < -0.39 is 12.1 Å². The Morgan fingerprint density at radius 2 is 1.86 bits per heavy atom. The van der Waals surface area contributed by atoms with Crippen LogP contribution >= 0.6 is 11.6 Å². The van der Waals surface area contributed by atoms with Gasteiger partial charge in [0, 0.05) is 6.04 Å². The molecule has 156 valence electrons. The molecule has 0 unspecified atom stereocenters. The van der Waals surface area contributed by atoms with Gasteiger partial charge in [0.05, 0.1) is 23.8 Å². The highest BCUT2D eigenvalue weighted by Gasteiger charge is 2.27. The summed E-state index contributed by atoms with van der Waals surface area (Å²) in [7, 11) is 1.47. The third kappa shape index (κ3) is 5.77. The smallest absolute Gasteiger partial charge is 0.339 e. The second-order valence-corrected chi connectivity index (χ2v) is 7.99. The van der Waals surface area contributed by atoms with Gasteiger partial charge in [-0.1, -0.05) is 31.4 Å². The van der Waals surface area contributed by atoms with Crippen molar-refractivity contribution >= 4 is 23.5 Å². The number of carbonyl (C=O) groups excluding carboxylic acids is 2. The molecule has 6 nitrogen and oxygen atoms in total. The van der Waals surface area contributed by atoms with Crippen LogP contribution in [0.3, 0.4) is 0 Å².